The smallest absolute Gasteiger partial charge is 0.203 e. The minimum Gasteiger partial charge on any atom is -0.340 e. The van der Waals surface area contributed by atoms with Crippen LogP contribution in [-0.2, 0) is 0 Å². The summed E-state index contributed by atoms with van der Waals surface area (Å²) in [6, 6.07) is 11.0. The zero-order chi connectivity index (χ0) is 13.8. The Balaban J connectivity index is 1.80. The van der Waals surface area contributed by atoms with E-state index in [1.807, 2.05) is 12.3 Å². The number of hydrogen-bond acceptors (Lipinski definition) is 2. The van der Waals surface area contributed by atoms with Crippen LogP contribution in [0.15, 0.2) is 36.5 Å². The fraction of sp³-hybridized carbons (Fsp3) is 0.471. The molecule has 0 aliphatic heterocycles. The highest BCUT2D eigenvalue weighted by Gasteiger charge is 2.22. The Morgan fingerprint density at radius 3 is 2.60 bits per heavy atom. The molecule has 0 amide bonds. The normalized spacial score (nSPS) is 16.2. The molecule has 1 aromatic carbocycles. The van der Waals surface area contributed by atoms with E-state index in [2.05, 4.69) is 41.1 Å². The van der Waals surface area contributed by atoms with Crippen molar-refractivity contribution < 1.29 is 0 Å². The Morgan fingerprint density at radius 1 is 1.15 bits per heavy atom. The summed E-state index contributed by atoms with van der Waals surface area (Å²) >= 11 is 0. The maximum Gasteiger partial charge on any atom is 0.203 e. The Kier molecular flexibility index (Phi) is 4.05. The number of imidazole rings is 1. The predicted octanol–water partition coefficient (Wildman–Crippen LogP) is 4.24. The molecule has 0 radical (unpaired) electrons. The van der Waals surface area contributed by atoms with Gasteiger partial charge >= 0.3 is 0 Å². The third-order valence-corrected chi connectivity index (χ3v) is 4.26. The summed E-state index contributed by atoms with van der Waals surface area (Å²) in [7, 11) is 0. The summed E-state index contributed by atoms with van der Waals surface area (Å²) in [6.07, 6.45) is 8.73. The second-order valence-corrected chi connectivity index (χ2v) is 5.55. The fourth-order valence-corrected chi connectivity index (χ4v) is 3.19. The Hall–Kier alpha value is -1.77. The summed E-state index contributed by atoms with van der Waals surface area (Å²) in [5.41, 5.74) is 2.21. The maximum atomic E-state index is 4.80. The first-order chi connectivity index (χ1) is 9.88. The highest BCUT2D eigenvalue weighted by molar-refractivity contribution is 5.60. The zero-order valence-electron chi connectivity index (χ0n) is 12.2. The van der Waals surface area contributed by atoms with Gasteiger partial charge in [-0.1, -0.05) is 49.6 Å². The van der Waals surface area contributed by atoms with Gasteiger partial charge in [-0.3, -0.25) is 0 Å². The van der Waals surface area contributed by atoms with Crippen molar-refractivity contribution in [2.75, 3.05) is 11.4 Å². The summed E-state index contributed by atoms with van der Waals surface area (Å²) in [4.78, 5) is 10.6. The van der Waals surface area contributed by atoms with Crippen LogP contribution in [0.3, 0.4) is 0 Å². The molecule has 20 heavy (non-hydrogen) atoms. The Morgan fingerprint density at radius 2 is 1.90 bits per heavy atom. The van der Waals surface area contributed by atoms with Crippen LogP contribution >= 0.6 is 0 Å². The van der Waals surface area contributed by atoms with Gasteiger partial charge < -0.3 is 9.88 Å². The van der Waals surface area contributed by atoms with Gasteiger partial charge in [-0.15, -0.1) is 0 Å². The number of hydrogen-bond donors (Lipinski definition) is 1. The number of aromatic nitrogens is 2. The SMILES string of the molecule is CCN(c1nc(-c2ccccc2)c[nH]1)C1CCCCC1. The molecule has 1 fully saturated rings. The van der Waals surface area contributed by atoms with Crippen LogP contribution in [0.5, 0.6) is 0 Å². The maximum absolute atomic E-state index is 4.80. The lowest BCUT2D eigenvalue weighted by atomic mass is 9.94. The van der Waals surface area contributed by atoms with Gasteiger partial charge in [0.2, 0.25) is 5.95 Å². The number of H-pyrrole nitrogens is 1. The number of rotatable bonds is 4. The van der Waals surface area contributed by atoms with Crippen molar-refractivity contribution in [2.24, 2.45) is 0 Å². The number of nitrogens with one attached hydrogen (secondary N) is 1. The zero-order valence-corrected chi connectivity index (χ0v) is 12.2. The average molecular weight is 269 g/mol. The summed E-state index contributed by atoms with van der Waals surface area (Å²) in [5.74, 6) is 1.03. The van der Waals surface area contributed by atoms with Crippen molar-refractivity contribution in [3.05, 3.63) is 36.5 Å². The second-order valence-electron chi connectivity index (χ2n) is 5.55. The van der Waals surface area contributed by atoms with Crippen molar-refractivity contribution in [1.29, 1.82) is 0 Å². The molecule has 0 spiro atoms. The largest absolute Gasteiger partial charge is 0.340 e. The summed E-state index contributed by atoms with van der Waals surface area (Å²) in [6.45, 7) is 3.24. The van der Waals surface area contributed by atoms with E-state index in [1.165, 1.54) is 37.7 Å². The van der Waals surface area contributed by atoms with Crippen molar-refractivity contribution >= 4 is 5.95 Å². The topological polar surface area (TPSA) is 31.9 Å². The van der Waals surface area contributed by atoms with E-state index in [9.17, 15) is 0 Å². The third-order valence-electron chi connectivity index (χ3n) is 4.26. The van der Waals surface area contributed by atoms with Gasteiger partial charge in [0.15, 0.2) is 0 Å². The lowest BCUT2D eigenvalue weighted by Crippen LogP contribution is -2.37. The van der Waals surface area contributed by atoms with Gasteiger partial charge in [-0.05, 0) is 19.8 Å². The molecule has 0 unspecified atom stereocenters. The van der Waals surface area contributed by atoms with Gasteiger partial charge in [0, 0.05) is 24.3 Å². The number of nitrogens with zero attached hydrogens (tertiary/aromatic N) is 2. The summed E-state index contributed by atoms with van der Waals surface area (Å²) < 4.78 is 0. The standard InChI is InChI=1S/C17H23N3/c1-2-20(15-11-7-4-8-12-15)17-18-13-16(19-17)14-9-5-3-6-10-14/h3,5-6,9-10,13,15H,2,4,7-8,11-12H2,1H3,(H,18,19). The fourth-order valence-electron chi connectivity index (χ4n) is 3.19. The van der Waals surface area contributed by atoms with E-state index in [-0.39, 0.29) is 0 Å². The molecule has 3 nitrogen and oxygen atoms in total. The van der Waals surface area contributed by atoms with Crippen LogP contribution in [0.4, 0.5) is 5.95 Å². The minimum atomic E-state index is 0.656. The van der Waals surface area contributed by atoms with Crippen molar-refractivity contribution in [3.63, 3.8) is 0 Å². The van der Waals surface area contributed by atoms with E-state index >= 15 is 0 Å². The highest BCUT2D eigenvalue weighted by Crippen LogP contribution is 2.27. The van der Waals surface area contributed by atoms with E-state index in [0.717, 1.165) is 18.2 Å². The van der Waals surface area contributed by atoms with E-state index in [1.54, 1.807) is 0 Å². The average Bonchev–Trinajstić information content (AvgIpc) is 3.00. The molecule has 2 aromatic rings. The van der Waals surface area contributed by atoms with Gasteiger partial charge in [-0.2, -0.15) is 0 Å². The van der Waals surface area contributed by atoms with E-state index < -0.39 is 0 Å². The second kappa shape index (κ2) is 6.12. The van der Waals surface area contributed by atoms with Crippen LogP contribution < -0.4 is 4.90 Å². The van der Waals surface area contributed by atoms with Gasteiger partial charge in [-0.25, -0.2) is 4.98 Å². The molecule has 0 saturated heterocycles. The first kappa shape index (κ1) is 13.2. The molecule has 0 atom stereocenters. The molecule has 3 rings (SSSR count). The highest BCUT2D eigenvalue weighted by atomic mass is 15.3. The quantitative estimate of drug-likeness (QED) is 0.900. The molecule has 1 aromatic heterocycles. The molecule has 1 saturated carbocycles. The molecule has 1 heterocycles. The van der Waals surface area contributed by atoms with E-state index in [4.69, 9.17) is 4.98 Å². The first-order valence-electron chi connectivity index (χ1n) is 7.76. The van der Waals surface area contributed by atoms with Crippen molar-refractivity contribution in [3.8, 4) is 11.3 Å². The van der Waals surface area contributed by atoms with Crippen LogP contribution in [-0.4, -0.2) is 22.6 Å². The molecule has 106 valence electrons. The molecule has 1 N–H and O–H groups in total. The van der Waals surface area contributed by atoms with Crippen LogP contribution in [0, 0.1) is 0 Å². The van der Waals surface area contributed by atoms with Gasteiger partial charge in [0.05, 0.1) is 5.69 Å². The number of anilines is 1. The predicted molar refractivity (Wildman–Crippen MR) is 83.9 cm³/mol. The van der Waals surface area contributed by atoms with Crippen molar-refractivity contribution in [2.45, 2.75) is 45.1 Å². The number of aromatic amines is 1. The lowest BCUT2D eigenvalue weighted by molar-refractivity contribution is 0.415. The Bertz CT molecular complexity index is 526. The monoisotopic (exact) mass is 269 g/mol. The molecule has 1 aliphatic rings. The van der Waals surface area contributed by atoms with Crippen LogP contribution in [0.2, 0.25) is 0 Å². The van der Waals surface area contributed by atoms with Gasteiger partial charge in [0.1, 0.15) is 0 Å². The lowest BCUT2D eigenvalue weighted by Gasteiger charge is -2.33. The molecular formula is C17H23N3. The van der Waals surface area contributed by atoms with Crippen LogP contribution in [0.25, 0.3) is 11.3 Å². The van der Waals surface area contributed by atoms with E-state index in [0.29, 0.717) is 6.04 Å². The molecular weight excluding hydrogens is 246 g/mol. The van der Waals surface area contributed by atoms with Gasteiger partial charge in [0.25, 0.3) is 0 Å². The van der Waals surface area contributed by atoms with Crippen molar-refractivity contribution in [1.82, 2.24) is 9.97 Å². The third kappa shape index (κ3) is 2.72. The van der Waals surface area contributed by atoms with Crippen LogP contribution in [0.1, 0.15) is 39.0 Å². The number of benzene rings is 1. The first-order valence-corrected chi connectivity index (χ1v) is 7.76. The molecule has 3 heteroatoms. The Labute approximate surface area is 121 Å². The molecule has 0 bridgehead atoms. The minimum absolute atomic E-state index is 0.656. The summed E-state index contributed by atoms with van der Waals surface area (Å²) in [5, 5.41) is 0. The molecule has 1 aliphatic carbocycles.